The Morgan fingerprint density at radius 1 is 0.853 bits per heavy atom. The molecule has 3 heteroatoms. The van der Waals surface area contributed by atoms with Crippen molar-refractivity contribution < 1.29 is 9.47 Å². The molecule has 1 saturated carbocycles. The minimum absolute atomic E-state index is 0.0942. The minimum atomic E-state index is -0.0942. The first kappa shape index (κ1) is 33.4. The molecule has 0 saturated heterocycles. The molecule has 0 heterocycles. The SMILES string of the molecule is CCC.CCCCc1ccc(OC(CC2CCCCC2)OCCC(CC)CCCC)cc1.CP. The van der Waals surface area contributed by atoms with Crippen LogP contribution in [0.4, 0.5) is 0 Å². The van der Waals surface area contributed by atoms with E-state index in [1.54, 1.807) is 0 Å². The summed E-state index contributed by atoms with van der Waals surface area (Å²) in [4.78, 5) is 0. The first-order chi connectivity index (χ1) is 16.7. The number of hydrogen-bond donors (Lipinski definition) is 0. The quantitative estimate of drug-likeness (QED) is 0.178. The monoisotopic (exact) mass is 494 g/mol. The normalized spacial score (nSPS) is 15.4. The smallest absolute Gasteiger partial charge is 0.200 e. The third kappa shape index (κ3) is 16.9. The first-order valence-corrected chi connectivity index (χ1v) is 15.8. The molecule has 1 aliphatic rings. The van der Waals surface area contributed by atoms with Gasteiger partial charge in [-0.3, -0.25) is 0 Å². The van der Waals surface area contributed by atoms with Crippen LogP contribution in [-0.4, -0.2) is 19.6 Å². The standard InChI is InChI=1S/C27H46O2.C3H8.CH5P/c1-4-7-12-23(6-3)20-21-28-27(22-25-14-10-9-11-15-25)29-26-18-16-24(17-19-26)13-8-5-2;1-3-2;1-2/h16-19,23,25,27H,4-15,20-22H2,1-3H3;3H2,1-2H3;2H2,1H3. The number of rotatable bonds is 15. The number of ether oxygens (including phenoxy) is 2. The maximum Gasteiger partial charge on any atom is 0.200 e. The fraction of sp³-hybridized carbons (Fsp3) is 0.806. The van der Waals surface area contributed by atoms with Gasteiger partial charge in [-0.05, 0) is 48.8 Å². The van der Waals surface area contributed by atoms with Gasteiger partial charge >= 0.3 is 0 Å². The minimum Gasteiger partial charge on any atom is -0.465 e. The van der Waals surface area contributed by atoms with E-state index in [1.165, 1.54) is 82.6 Å². The number of benzene rings is 1. The molecule has 34 heavy (non-hydrogen) atoms. The summed E-state index contributed by atoms with van der Waals surface area (Å²) in [5.74, 6) is 2.52. The molecule has 0 aromatic heterocycles. The predicted molar refractivity (Wildman–Crippen MR) is 156 cm³/mol. The van der Waals surface area contributed by atoms with E-state index in [2.05, 4.69) is 68.1 Å². The van der Waals surface area contributed by atoms with E-state index in [9.17, 15) is 0 Å². The summed E-state index contributed by atoms with van der Waals surface area (Å²) in [6.07, 6.45) is 19.1. The van der Waals surface area contributed by atoms with E-state index in [0.717, 1.165) is 43.5 Å². The number of aryl methyl sites for hydroxylation is 1. The van der Waals surface area contributed by atoms with Crippen LogP contribution in [0.1, 0.15) is 130 Å². The Labute approximate surface area is 216 Å². The zero-order valence-electron chi connectivity index (χ0n) is 23.7. The molecule has 1 fully saturated rings. The van der Waals surface area contributed by atoms with E-state index in [1.807, 2.05) is 6.66 Å². The summed E-state index contributed by atoms with van der Waals surface area (Å²) in [7, 11) is 2.42. The third-order valence-electron chi connectivity index (χ3n) is 6.63. The fourth-order valence-corrected chi connectivity index (χ4v) is 4.52. The number of hydrogen-bond acceptors (Lipinski definition) is 2. The summed E-state index contributed by atoms with van der Waals surface area (Å²) in [5, 5.41) is 0. The summed E-state index contributed by atoms with van der Waals surface area (Å²) >= 11 is 0. The van der Waals surface area contributed by atoms with Gasteiger partial charge in [0.2, 0.25) is 0 Å². The molecule has 200 valence electrons. The highest BCUT2D eigenvalue weighted by molar-refractivity contribution is 7.15. The van der Waals surface area contributed by atoms with Crippen LogP contribution in [0.25, 0.3) is 0 Å². The highest BCUT2D eigenvalue weighted by Crippen LogP contribution is 2.29. The summed E-state index contributed by atoms with van der Waals surface area (Å²) < 4.78 is 12.7. The molecule has 0 aliphatic heterocycles. The number of unbranched alkanes of at least 4 members (excludes halogenated alkanes) is 2. The average Bonchev–Trinajstić information content (AvgIpc) is 2.88. The van der Waals surface area contributed by atoms with Crippen molar-refractivity contribution in [3.05, 3.63) is 29.8 Å². The van der Waals surface area contributed by atoms with Crippen molar-refractivity contribution in [3.63, 3.8) is 0 Å². The average molecular weight is 495 g/mol. The fourth-order valence-electron chi connectivity index (χ4n) is 4.52. The van der Waals surface area contributed by atoms with Gasteiger partial charge in [-0.2, -0.15) is 0 Å². The van der Waals surface area contributed by atoms with Gasteiger partial charge in [0, 0.05) is 6.42 Å². The Kier molecular flexibility index (Phi) is 23.7. The third-order valence-corrected chi connectivity index (χ3v) is 6.63. The van der Waals surface area contributed by atoms with Crippen molar-refractivity contribution in [2.24, 2.45) is 11.8 Å². The van der Waals surface area contributed by atoms with Crippen molar-refractivity contribution in [1.29, 1.82) is 0 Å². The molecule has 0 radical (unpaired) electrons. The Hall–Kier alpha value is -0.590. The second kappa shape index (κ2) is 24.1. The molecule has 0 bridgehead atoms. The van der Waals surface area contributed by atoms with Gasteiger partial charge in [-0.15, -0.1) is 9.24 Å². The van der Waals surface area contributed by atoms with E-state index in [4.69, 9.17) is 9.47 Å². The van der Waals surface area contributed by atoms with Crippen LogP contribution in [0.5, 0.6) is 5.75 Å². The molecule has 1 aliphatic carbocycles. The Balaban J connectivity index is 0.00000201. The van der Waals surface area contributed by atoms with E-state index >= 15 is 0 Å². The Morgan fingerprint density at radius 2 is 1.47 bits per heavy atom. The highest BCUT2D eigenvalue weighted by atomic mass is 31.0. The summed E-state index contributed by atoms with van der Waals surface area (Å²) in [6, 6.07) is 8.72. The molecule has 1 aromatic rings. The Morgan fingerprint density at radius 3 is 2.03 bits per heavy atom. The lowest BCUT2D eigenvalue weighted by Gasteiger charge is -2.27. The second-order valence-electron chi connectivity index (χ2n) is 9.82. The molecule has 0 amide bonds. The van der Waals surface area contributed by atoms with Gasteiger partial charge in [0.05, 0.1) is 6.61 Å². The first-order valence-electron chi connectivity index (χ1n) is 14.6. The van der Waals surface area contributed by atoms with Crippen LogP contribution < -0.4 is 4.74 Å². The van der Waals surface area contributed by atoms with E-state index in [0.29, 0.717) is 0 Å². The van der Waals surface area contributed by atoms with Crippen LogP contribution in [0, 0.1) is 11.8 Å². The predicted octanol–water partition coefficient (Wildman–Crippen LogP) is 10.2. The maximum absolute atomic E-state index is 6.35. The van der Waals surface area contributed by atoms with Crippen LogP contribution in [-0.2, 0) is 11.2 Å². The van der Waals surface area contributed by atoms with Crippen LogP contribution in [0.2, 0.25) is 0 Å². The van der Waals surface area contributed by atoms with E-state index in [-0.39, 0.29) is 6.29 Å². The van der Waals surface area contributed by atoms with Gasteiger partial charge in [0.15, 0.2) is 6.29 Å². The lowest BCUT2D eigenvalue weighted by molar-refractivity contribution is -0.0980. The summed E-state index contributed by atoms with van der Waals surface area (Å²) in [5.41, 5.74) is 1.41. The van der Waals surface area contributed by atoms with Gasteiger partial charge in [-0.1, -0.05) is 124 Å². The molecular weight excluding hydrogens is 435 g/mol. The lowest BCUT2D eigenvalue weighted by atomic mass is 9.87. The maximum atomic E-state index is 6.35. The Bertz CT molecular complexity index is 525. The molecule has 3 atom stereocenters. The molecule has 3 unspecified atom stereocenters. The summed E-state index contributed by atoms with van der Waals surface area (Å²) in [6.45, 7) is 13.8. The van der Waals surface area contributed by atoms with Crippen LogP contribution in [0.3, 0.4) is 0 Å². The lowest BCUT2D eigenvalue weighted by Crippen LogP contribution is -2.26. The van der Waals surface area contributed by atoms with Crippen molar-refractivity contribution in [2.45, 2.75) is 137 Å². The molecule has 0 spiro atoms. The highest BCUT2D eigenvalue weighted by Gasteiger charge is 2.21. The van der Waals surface area contributed by atoms with E-state index < -0.39 is 0 Å². The zero-order valence-corrected chi connectivity index (χ0v) is 24.9. The molecule has 2 rings (SSSR count). The zero-order chi connectivity index (χ0) is 25.4. The molecular formula is C31H59O2P. The topological polar surface area (TPSA) is 18.5 Å². The van der Waals surface area contributed by atoms with Crippen molar-refractivity contribution in [3.8, 4) is 5.75 Å². The molecule has 0 N–H and O–H groups in total. The molecule has 2 nitrogen and oxygen atoms in total. The van der Waals surface area contributed by atoms with Crippen molar-refractivity contribution in [2.75, 3.05) is 13.3 Å². The largest absolute Gasteiger partial charge is 0.465 e. The van der Waals surface area contributed by atoms with Crippen molar-refractivity contribution in [1.82, 2.24) is 0 Å². The molecule has 1 aromatic carbocycles. The van der Waals surface area contributed by atoms with Crippen molar-refractivity contribution >= 4 is 9.24 Å². The van der Waals surface area contributed by atoms with Crippen LogP contribution in [0.15, 0.2) is 24.3 Å². The van der Waals surface area contributed by atoms with Gasteiger partial charge in [0.25, 0.3) is 0 Å². The second-order valence-corrected chi connectivity index (χ2v) is 9.82. The van der Waals surface area contributed by atoms with Gasteiger partial charge in [-0.25, -0.2) is 0 Å². The van der Waals surface area contributed by atoms with Gasteiger partial charge < -0.3 is 9.47 Å². The van der Waals surface area contributed by atoms with Gasteiger partial charge in [0.1, 0.15) is 5.75 Å². The van der Waals surface area contributed by atoms with Crippen LogP contribution >= 0.6 is 9.24 Å².